The minimum absolute atomic E-state index is 0.299. The minimum atomic E-state index is -4.42. The fraction of sp³-hybridized carbons (Fsp3) is 0.909. The summed E-state index contributed by atoms with van der Waals surface area (Å²) in [5.74, 6) is -1.47. The van der Waals surface area contributed by atoms with Crippen molar-refractivity contribution in [2.24, 2.45) is 11.8 Å². The monoisotopic (exact) mass is 249 g/mol. The zero-order valence-electron chi connectivity index (χ0n) is 9.93. The molecular formula is C11H18F3N3. The van der Waals surface area contributed by atoms with E-state index in [1.165, 1.54) is 6.07 Å². The van der Waals surface area contributed by atoms with Crippen LogP contribution in [0.2, 0.25) is 0 Å². The van der Waals surface area contributed by atoms with Gasteiger partial charge in [0, 0.05) is 6.54 Å². The van der Waals surface area contributed by atoms with Gasteiger partial charge in [-0.2, -0.15) is 18.4 Å². The quantitative estimate of drug-likeness (QED) is 0.823. The number of nitrogens with zero attached hydrogens (tertiary/aromatic N) is 2. The molecule has 0 aliphatic carbocycles. The second-order valence-corrected chi connectivity index (χ2v) is 4.63. The molecule has 3 nitrogen and oxygen atoms in total. The van der Waals surface area contributed by atoms with Crippen LogP contribution < -0.4 is 5.32 Å². The number of piperidine rings is 1. The van der Waals surface area contributed by atoms with Crippen LogP contribution in [0.1, 0.15) is 12.8 Å². The second-order valence-electron chi connectivity index (χ2n) is 4.63. The summed E-state index contributed by atoms with van der Waals surface area (Å²) in [6, 6.07) is 1.29. The lowest BCUT2D eigenvalue weighted by atomic mass is 9.97. The molecule has 1 aliphatic heterocycles. The van der Waals surface area contributed by atoms with Gasteiger partial charge in [-0.1, -0.05) is 0 Å². The van der Waals surface area contributed by atoms with E-state index in [4.69, 9.17) is 5.26 Å². The van der Waals surface area contributed by atoms with Gasteiger partial charge in [-0.3, -0.25) is 0 Å². The van der Waals surface area contributed by atoms with Crippen molar-refractivity contribution in [1.29, 1.82) is 5.26 Å². The molecular weight excluding hydrogens is 231 g/mol. The maximum Gasteiger partial charge on any atom is 0.405 e. The normalized spacial score (nSPS) is 21.1. The van der Waals surface area contributed by atoms with Gasteiger partial charge in [0.15, 0.2) is 5.92 Å². The Morgan fingerprint density at radius 3 is 2.47 bits per heavy atom. The molecule has 1 heterocycles. The highest BCUT2D eigenvalue weighted by molar-refractivity contribution is 4.90. The first-order chi connectivity index (χ1) is 7.93. The van der Waals surface area contributed by atoms with E-state index in [-0.39, 0.29) is 6.54 Å². The van der Waals surface area contributed by atoms with E-state index in [1.807, 2.05) is 7.05 Å². The summed E-state index contributed by atoms with van der Waals surface area (Å²) in [6.07, 6.45) is -2.41. The summed E-state index contributed by atoms with van der Waals surface area (Å²) in [4.78, 5) is 2.21. The van der Waals surface area contributed by atoms with Crippen LogP contribution in [-0.4, -0.2) is 44.3 Å². The van der Waals surface area contributed by atoms with Crippen LogP contribution in [-0.2, 0) is 0 Å². The molecule has 1 N–H and O–H groups in total. The number of halogens is 3. The Balaban J connectivity index is 2.21. The fourth-order valence-electron chi connectivity index (χ4n) is 1.93. The lowest BCUT2D eigenvalue weighted by Crippen LogP contribution is -2.38. The van der Waals surface area contributed by atoms with E-state index < -0.39 is 12.1 Å². The Bertz CT molecular complexity index is 264. The van der Waals surface area contributed by atoms with Gasteiger partial charge >= 0.3 is 6.18 Å². The van der Waals surface area contributed by atoms with Crippen molar-refractivity contribution in [3.63, 3.8) is 0 Å². The topological polar surface area (TPSA) is 39.1 Å². The molecule has 0 amide bonds. The zero-order valence-corrected chi connectivity index (χ0v) is 9.93. The third kappa shape index (κ3) is 4.92. The Kier molecular flexibility index (Phi) is 5.22. The molecule has 1 fully saturated rings. The summed E-state index contributed by atoms with van der Waals surface area (Å²) in [7, 11) is 2.04. The number of nitrogens with one attached hydrogen (secondary N) is 1. The number of hydrogen-bond donors (Lipinski definition) is 1. The van der Waals surface area contributed by atoms with E-state index in [0.29, 0.717) is 12.5 Å². The van der Waals surface area contributed by atoms with Gasteiger partial charge in [0.2, 0.25) is 0 Å². The van der Waals surface area contributed by atoms with Crippen LogP contribution in [0.3, 0.4) is 0 Å². The SMILES string of the molecule is CN1CCC(CNCC(C#N)C(F)(F)F)CC1. The average Bonchev–Trinajstić information content (AvgIpc) is 2.25. The number of rotatable bonds is 4. The van der Waals surface area contributed by atoms with Crippen LogP contribution in [0.5, 0.6) is 0 Å². The smallest absolute Gasteiger partial charge is 0.315 e. The molecule has 0 bridgehead atoms. The van der Waals surface area contributed by atoms with Crippen molar-refractivity contribution < 1.29 is 13.2 Å². The van der Waals surface area contributed by atoms with Crippen LogP contribution in [0.25, 0.3) is 0 Å². The minimum Gasteiger partial charge on any atom is -0.315 e. The van der Waals surface area contributed by atoms with Crippen LogP contribution >= 0.6 is 0 Å². The van der Waals surface area contributed by atoms with Gasteiger partial charge in [0.25, 0.3) is 0 Å². The maximum absolute atomic E-state index is 12.3. The first-order valence-corrected chi connectivity index (χ1v) is 5.79. The number of hydrogen-bond acceptors (Lipinski definition) is 3. The summed E-state index contributed by atoms with van der Waals surface area (Å²) < 4.78 is 36.8. The molecule has 0 spiro atoms. The number of nitriles is 1. The van der Waals surface area contributed by atoms with Crippen molar-refractivity contribution in [3.8, 4) is 6.07 Å². The highest BCUT2D eigenvalue weighted by atomic mass is 19.4. The molecule has 17 heavy (non-hydrogen) atoms. The molecule has 98 valence electrons. The summed E-state index contributed by atoms with van der Waals surface area (Å²) >= 11 is 0. The first-order valence-electron chi connectivity index (χ1n) is 5.79. The Morgan fingerprint density at radius 1 is 1.41 bits per heavy atom. The maximum atomic E-state index is 12.3. The molecule has 1 atom stereocenters. The average molecular weight is 249 g/mol. The summed E-state index contributed by atoms with van der Waals surface area (Å²) in [5, 5.41) is 11.2. The van der Waals surface area contributed by atoms with Crippen molar-refractivity contribution >= 4 is 0 Å². The lowest BCUT2D eigenvalue weighted by molar-refractivity contribution is -0.157. The van der Waals surface area contributed by atoms with Crippen LogP contribution in [0.15, 0.2) is 0 Å². The summed E-state index contributed by atoms with van der Waals surface area (Å²) in [5.41, 5.74) is 0. The van der Waals surface area contributed by atoms with E-state index in [0.717, 1.165) is 25.9 Å². The molecule has 1 rings (SSSR count). The third-order valence-corrected chi connectivity index (χ3v) is 3.17. The molecule has 1 unspecified atom stereocenters. The van der Waals surface area contributed by atoms with Crippen LogP contribution in [0.4, 0.5) is 13.2 Å². The summed E-state index contributed by atoms with van der Waals surface area (Å²) in [6.45, 7) is 2.26. The standard InChI is InChI=1S/C11H18F3N3/c1-17-4-2-9(3-5-17)7-16-8-10(6-15)11(12,13)14/h9-10,16H,2-5,7-8H2,1H3. The van der Waals surface area contributed by atoms with Gasteiger partial charge in [0.05, 0.1) is 6.07 Å². The largest absolute Gasteiger partial charge is 0.405 e. The molecule has 0 aromatic rings. The van der Waals surface area contributed by atoms with Gasteiger partial charge < -0.3 is 10.2 Å². The van der Waals surface area contributed by atoms with Gasteiger partial charge in [-0.25, -0.2) is 0 Å². The highest BCUT2D eigenvalue weighted by Crippen LogP contribution is 2.25. The van der Waals surface area contributed by atoms with E-state index in [9.17, 15) is 13.2 Å². The Labute approximate surface area is 99.6 Å². The van der Waals surface area contributed by atoms with Crippen molar-refractivity contribution in [3.05, 3.63) is 0 Å². The van der Waals surface area contributed by atoms with E-state index in [1.54, 1.807) is 0 Å². The van der Waals surface area contributed by atoms with Gasteiger partial charge in [0.1, 0.15) is 0 Å². The Morgan fingerprint density at radius 2 is 2.00 bits per heavy atom. The molecule has 0 radical (unpaired) electrons. The predicted molar refractivity (Wildman–Crippen MR) is 58.2 cm³/mol. The predicted octanol–water partition coefficient (Wildman–Crippen LogP) is 1.62. The Hall–Kier alpha value is -0.800. The third-order valence-electron chi connectivity index (χ3n) is 3.17. The molecule has 1 saturated heterocycles. The molecule has 0 aromatic heterocycles. The molecule has 0 aromatic carbocycles. The zero-order chi connectivity index (χ0) is 12.9. The van der Waals surface area contributed by atoms with Gasteiger partial charge in [-0.05, 0) is 45.4 Å². The first kappa shape index (κ1) is 14.3. The van der Waals surface area contributed by atoms with Crippen LogP contribution in [0, 0.1) is 23.2 Å². The van der Waals surface area contributed by atoms with Crippen molar-refractivity contribution in [2.45, 2.75) is 19.0 Å². The lowest BCUT2D eigenvalue weighted by Gasteiger charge is -2.29. The molecule has 1 aliphatic rings. The highest BCUT2D eigenvalue weighted by Gasteiger charge is 2.39. The number of alkyl halides is 3. The second kappa shape index (κ2) is 6.22. The fourth-order valence-corrected chi connectivity index (χ4v) is 1.93. The van der Waals surface area contributed by atoms with E-state index in [2.05, 4.69) is 10.2 Å². The molecule has 0 saturated carbocycles. The van der Waals surface area contributed by atoms with Crippen molar-refractivity contribution in [1.82, 2.24) is 10.2 Å². The molecule has 6 heteroatoms. The van der Waals surface area contributed by atoms with E-state index >= 15 is 0 Å². The van der Waals surface area contributed by atoms with Crippen molar-refractivity contribution in [2.75, 3.05) is 33.2 Å². The van der Waals surface area contributed by atoms with Gasteiger partial charge in [-0.15, -0.1) is 0 Å². The number of likely N-dealkylation sites (tertiary alicyclic amines) is 1.